The van der Waals surface area contributed by atoms with Crippen LogP contribution < -0.4 is 10.1 Å². The highest BCUT2D eigenvalue weighted by molar-refractivity contribution is 9.10. The lowest BCUT2D eigenvalue weighted by molar-refractivity contribution is 0.404. The predicted octanol–water partition coefficient (Wildman–Crippen LogP) is 5.57. The fraction of sp³-hybridized carbons (Fsp3) is 0.375. The van der Waals surface area contributed by atoms with E-state index in [1.807, 2.05) is 18.2 Å². The number of hydrogen-bond donors (Lipinski definition) is 1. The smallest absolute Gasteiger partial charge is 0.125 e. The first kappa shape index (κ1) is 16.8. The molecule has 1 aromatic carbocycles. The first-order valence-corrected chi connectivity index (χ1v) is 8.88. The topological polar surface area (TPSA) is 21.3 Å². The van der Waals surface area contributed by atoms with Gasteiger partial charge in [-0.1, -0.05) is 24.6 Å². The highest BCUT2D eigenvalue weighted by Gasteiger charge is 2.22. The van der Waals surface area contributed by atoms with Crippen molar-refractivity contribution >= 4 is 38.9 Å². The number of benzene rings is 1. The van der Waals surface area contributed by atoms with Gasteiger partial charge < -0.3 is 10.1 Å². The zero-order valence-corrected chi connectivity index (χ0v) is 15.5. The van der Waals surface area contributed by atoms with Crippen LogP contribution >= 0.6 is 38.9 Å². The van der Waals surface area contributed by atoms with Gasteiger partial charge in [0.05, 0.1) is 13.2 Å². The van der Waals surface area contributed by atoms with Crippen LogP contribution in [0.2, 0.25) is 5.02 Å². The van der Waals surface area contributed by atoms with Crippen LogP contribution in [0.1, 0.15) is 34.7 Å². The summed E-state index contributed by atoms with van der Waals surface area (Å²) < 4.78 is 6.65. The summed E-state index contributed by atoms with van der Waals surface area (Å²) in [6.45, 7) is 5.23. The van der Waals surface area contributed by atoms with Crippen LogP contribution in [-0.4, -0.2) is 13.7 Å². The average molecular weight is 389 g/mol. The lowest BCUT2D eigenvalue weighted by Crippen LogP contribution is -2.23. The van der Waals surface area contributed by atoms with Gasteiger partial charge in [0, 0.05) is 24.8 Å². The molecule has 1 atom stereocenters. The van der Waals surface area contributed by atoms with Crippen molar-refractivity contribution in [1.82, 2.24) is 5.32 Å². The summed E-state index contributed by atoms with van der Waals surface area (Å²) in [6, 6.07) is 8.07. The van der Waals surface area contributed by atoms with E-state index in [9.17, 15) is 0 Å². The molecule has 0 amide bonds. The first-order chi connectivity index (χ1) is 10.1. The Kier molecular flexibility index (Phi) is 6.11. The third-order valence-electron chi connectivity index (χ3n) is 3.20. The Morgan fingerprint density at radius 2 is 2.14 bits per heavy atom. The number of ether oxygens (including phenoxy) is 1. The quantitative estimate of drug-likeness (QED) is 0.698. The molecule has 1 N–H and O–H groups in total. The summed E-state index contributed by atoms with van der Waals surface area (Å²) in [7, 11) is 1.68. The van der Waals surface area contributed by atoms with E-state index >= 15 is 0 Å². The summed E-state index contributed by atoms with van der Waals surface area (Å²) in [6.07, 6.45) is 1.08. The molecule has 5 heteroatoms. The summed E-state index contributed by atoms with van der Waals surface area (Å²) >= 11 is 11.5. The normalized spacial score (nSPS) is 12.4. The maximum Gasteiger partial charge on any atom is 0.125 e. The van der Waals surface area contributed by atoms with Gasteiger partial charge >= 0.3 is 0 Å². The second kappa shape index (κ2) is 7.63. The Morgan fingerprint density at radius 3 is 2.71 bits per heavy atom. The summed E-state index contributed by atoms with van der Waals surface area (Å²) in [5.41, 5.74) is 1.11. The number of methoxy groups -OCH3 is 1. The van der Waals surface area contributed by atoms with Gasteiger partial charge in [-0.25, -0.2) is 0 Å². The minimum absolute atomic E-state index is 0.102. The van der Waals surface area contributed by atoms with Crippen molar-refractivity contribution in [2.45, 2.75) is 26.3 Å². The van der Waals surface area contributed by atoms with Gasteiger partial charge in [-0.15, -0.1) is 11.3 Å². The van der Waals surface area contributed by atoms with E-state index in [0.717, 1.165) is 28.8 Å². The van der Waals surface area contributed by atoms with Crippen LogP contribution in [0.3, 0.4) is 0 Å². The molecule has 21 heavy (non-hydrogen) atoms. The van der Waals surface area contributed by atoms with Crippen LogP contribution in [0.15, 0.2) is 28.7 Å². The average Bonchev–Trinajstić information content (AvgIpc) is 2.79. The van der Waals surface area contributed by atoms with Crippen molar-refractivity contribution in [2.24, 2.45) is 0 Å². The lowest BCUT2D eigenvalue weighted by atomic mass is 10.0. The van der Waals surface area contributed by atoms with Gasteiger partial charge in [0.2, 0.25) is 0 Å². The molecule has 0 radical (unpaired) electrons. The monoisotopic (exact) mass is 387 g/mol. The van der Waals surface area contributed by atoms with Crippen molar-refractivity contribution in [3.8, 4) is 5.75 Å². The van der Waals surface area contributed by atoms with Crippen LogP contribution in [0.4, 0.5) is 0 Å². The fourth-order valence-electron chi connectivity index (χ4n) is 2.25. The molecular formula is C16H19BrClNOS. The highest BCUT2D eigenvalue weighted by atomic mass is 79.9. The Hall–Kier alpha value is -0.550. The molecule has 0 saturated heterocycles. The molecule has 0 aliphatic heterocycles. The Balaban J connectivity index is 2.47. The third kappa shape index (κ3) is 4.01. The van der Waals surface area contributed by atoms with Gasteiger partial charge in [0.15, 0.2) is 0 Å². The van der Waals surface area contributed by atoms with E-state index in [1.165, 1.54) is 9.75 Å². The number of thiophene rings is 1. The molecule has 0 fully saturated rings. The van der Waals surface area contributed by atoms with E-state index in [1.54, 1.807) is 18.4 Å². The van der Waals surface area contributed by atoms with Crippen LogP contribution in [0.25, 0.3) is 0 Å². The van der Waals surface area contributed by atoms with Crippen molar-refractivity contribution in [3.05, 3.63) is 49.1 Å². The SMILES string of the molecule is CCCNC(c1ccc(Cl)cc1OC)c1sc(C)cc1Br. The van der Waals surface area contributed by atoms with Crippen molar-refractivity contribution in [3.63, 3.8) is 0 Å². The Labute approximate surface area is 143 Å². The molecule has 2 aromatic rings. The molecule has 1 aromatic heterocycles. The molecule has 1 unspecified atom stereocenters. The minimum Gasteiger partial charge on any atom is -0.496 e. The van der Waals surface area contributed by atoms with E-state index in [0.29, 0.717) is 5.02 Å². The van der Waals surface area contributed by atoms with Gasteiger partial charge in [-0.05, 0) is 54.0 Å². The fourth-order valence-corrected chi connectivity index (χ4v) is 4.39. The van der Waals surface area contributed by atoms with Crippen molar-refractivity contribution in [2.75, 3.05) is 13.7 Å². The number of aryl methyl sites for hydroxylation is 1. The van der Waals surface area contributed by atoms with Crippen molar-refractivity contribution < 1.29 is 4.74 Å². The second-order valence-corrected chi connectivity index (χ2v) is 7.42. The molecule has 114 valence electrons. The van der Waals surface area contributed by atoms with E-state index in [2.05, 4.69) is 41.2 Å². The van der Waals surface area contributed by atoms with Crippen LogP contribution in [-0.2, 0) is 0 Å². The zero-order chi connectivity index (χ0) is 15.4. The first-order valence-electron chi connectivity index (χ1n) is 6.89. The molecule has 0 aliphatic rings. The summed E-state index contributed by atoms with van der Waals surface area (Å²) in [4.78, 5) is 2.55. The standard InChI is InChI=1S/C16H19BrClNOS/c1-4-7-19-15(16-13(17)8-10(2)21-16)12-6-5-11(18)9-14(12)20-3/h5-6,8-9,15,19H,4,7H2,1-3H3. The minimum atomic E-state index is 0.102. The lowest BCUT2D eigenvalue weighted by Gasteiger charge is -2.21. The molecular weight excluding hydrogens is 370 g/mol. The molecule has 2 nitrogen and oxygen atoms in total. The van der Waals surface area contributed by atoms with Gasteiger partial charge in [-0.3, -0.25) is 0 Å². The van der Waals surface area contributed by atoms with Gasteiger partial charge in [-0.2, -0.15) is 0 Å². The third-order valence-corrected chi connectivity index (χ3v) is 5.47. The second-order valence-electron chi connectivity index (χ2n) is 4.84. The van der Waals surface area contributed by atoms with E-state index in [-0.39, 0.29) is 6.04 Å². The van der Waals surface area contributed by atoms with E-state index in [4.69, 9.17) is 16.3 Å². The highest BCUT2D eigenvalue weighted by Crippen LogP contribution is 2.39. The number of hydrogen-bond acceptors (Lipinski definition) is 3. The maximum absolute atomic E-state index is 6.08. The maximum atomic E-state index is 6.08. The Bertz CT molecular complexity index is 614. The van der Waals surface area contributed by atoms with E-state index < -0.39 is 0 Å². The Morgan fingerprint density at radius 1 is 1.38 bits per heavy atom. The molecule has 0 aliphatic carbocycles. The molecule has 0 saturated carbocycles. The van der Waals surface area contributed by atoms with Crippen LogP contribution in [0, 0.1) is 6.92 Å². The van der Waals surface area contributed by atoms with Crippen LogP contribution in [0.5, 0.6) is 5.75 Å². The van der Waals surface area contributed by atoms with Gasteiger partial charge in [0.25, 0.3) is 0 Å². The number of nitrogens with one attached hydrogen (secondary N) is 1. The number of rotatable bonds is 6. The molecule has 0 bridgehead atoms. The number of halogens is 2. The van der Waals surface area contributed by atoms with Gasteiger partial charge in [0.1, 0.15) is 5.75 Å². The van der Waals surface area contributed by atoms with Crippen molar-refractivity contribution in [1.29, 1.82) is 0 Å². The zero-order valence-electron chi connectivity index (χ0n) is 12.4. The molecule has 0 spiro atoms. The molecule has 1 heterocycles. The molecule has 2 rings (SSSR count). The predicted molar refractivity (Wildman–Crippen MR) is 94.9 cm³/mol. The summed E-state index contributed by atoms with van der Waals surface area (Å²) in [5, 5.41) is 4.29. The summed E-state index contributed by atoms with van der Waals surface area (Å²) in [5.74, 6) is 0.814. The largest absolute Gasteiger partial charge is 0.496 e.